The Bertz CT molecular complexity index is 415. The van der Waals surface area contributed by atoms with Crippen molar-refractivity contribution in [3.63, 3.8) is 0 Å². The molecule has 3 rings (SSSR count). The highest BCUT2D eigenvalue weighted by Crippen LogP contribution is 2.39. The van der Waals surface area contributed by atoms with Crippen molar-refractivity contribution in [3.8, 4) is 0 Å². The van der Waals surface area contributed by atoms with Crippen LogP contribution >= 0.6 is 0 Å². The van der Waals surface area contributed by atoms with Gasteiger partial charge in [-0.15, -0.1) is 0 Å². The SMILES string of the molecule is Cc1ccc(C(O)C(C)N2CC3CCCC3C2)cc1. The van der Waals surface area contributed by atoms with E-state index in [2.05, 4.69) is 43.0 Å². The smallest absolute Gasteiger partial charge is 0.0942 e. The normalized spacial score (nSPS) is 30.3. The third-order valence-corrected chi connectivity index (χ3v) is 5.21. The maximum absolute atomic E-state index is 10.6. The molecule has 2 aliphatic rings. The van der Waals surface area contributed by atoms with Crippen molar-refractivity contribution >= 4 is 0 Å². The molecule has 19 heavy (non-hydrogen) atoms. The maximum atomic E-state index is 10.6. The fourth-order valence-electron chi connectivity index (χ4n) is 3.85. The summed E-state index contributed by atoms with van der Waals surface area (Å²) in [6.45, 7) is 6.64. The predicted octanol–water partition coefficient (Wildman–Crippen LogP) is 3.15. The first-order chi connectivity index (χ1) is 9.15. The lowest BCUT2D eigenvalue weighted by Gasteiger charge is -2.29. The third-order valence-electron chi connectivity index (χ3n) is 5.21. The van der Waals surface area contributed by atoms with E-state index in [1.807, 2.05) is 0 Å². The van der Waals surface area contributed by atoms with Crippen molar-refractivity contribution in [2.45, 2.75) is 45.3 Å². The molecule has 1 heterocycles. The van der Waals surface area contributed by atoms with E-state index < -0.39 is 0 Å². The average molecular weight is 259 g/mol. The number of aryl methyl sites for hydroxylation is 1. The largest absolute Gasteiger partial charge is 0.387 e. The van der Waals surface area contributed by atoms with Crippen LogP contribution in [-0.2, 0) is 0 Å². The molecule has 0 bridgehead atoms. The van der Waals surface area contributed by atoms with Crippen molar-refractivity contribution in [1.29, 1.82) is 0 Å². The Morgan fingerprint density at radius 2 is 1.68 bits per heavy atom. The lowest BCUT2D eigenvalue weighted by molar-refractivity contribution is 0.0670. The first-order valence-electron chi connectivity index (χ1n) is 7.64. The molecule has 2 nitrogen and oxygen atoms in total. The second-order valence-electron chi connectivity index (χ2n) is 6.50. The number of benzene rings is 1. The zero-order valence-electron chi connectivity index (χ0n) is 12.0. The zero-order chi connectivity index (χ0) is 13.4. The Hall–Kier alpha value is -0.860. The van der Waals surface area contributed by atoms with Crippen molar-refractivity contribution in [2.75, 3.05) is 13.1 Å². The fraction of sp³-hybridized carbons (Fsp3) is 0.647. The number of fused-ring (bicyclic) bond motifs is 1. The Kier molecular flexibility index (Phi) is 3.64. The molecule has 1 saturated carbocycles. The second-order valence-corrected chi connectivity index (χ2v) is 6.50. The fourth-order valence-corrected chi connectivity index (χ4v) is 3.85. The van der Waals surface area contributed by atoms with Gasteiger partial charge in [0.05, 0.1) is 6.10 Å². The molecule has 2 heteroatoms. The lowest BCUT2D eigenvalue weighted by atomic mass is 10.0. The number of aliphatic hydroxyl groups is 1. The predicted molar refractivity (Wildman–Crippen MR) is 78.0 cm³/mol. The van der Waals surface area contributed by atoms with E-state index in [0.29, 0.717) is 0 Å². The van der Waals surface area contributed by atoms with Gasteiger partial charge in [-0.2, -0.15) is 0 Å². The van der Waals surface area contributed by atoms with Gasteiger partial charge in [0.15, 0.2) is 0 Å². The second kappa shape index (κ2) is 5.26. The minimum atomic E-state index is -0.362. The van der Waals surface area contributed by atoms with Crippen molar-refractivity contribution in [1.82, 2.24) is 4.90 Å². The van der Waals surface area contributed by atoms with Crippen LogP contribution in [0.5, 0.6) is 0 Å². The van der Waals surface area contributed by atoms with E-state index in [9.17, 15) is 5.11 Å². The summed E-state index contributed by atoms with van der Waals surface area (Å²) in [5.41, 5.74) is 2.30. The lowest BCUT2D eigenvalue weighted by Crippen LogP contribution is -2.36. The summed E-state index contributed by atoms with van der Waals surface area (Å²) >= 11 is 0. The molecule has 4 unspecified atom stereocenters. The van der Waals surface area contributed by atoms with Gasteiger partial charge in [-0.3, -0.25) is 4.90 Å². The molecule has 2 fully saturated rings. The van der Waals surface area contributed by atoms with Gasteiger partial charge in [0.25, 0.3) is 0 Å². The molecule has 0 radical (unpaired) electrons. The Labute approximate surface area is 116 Å². The van der Waals surface area contributed by atoms with Crippen LogP contribution in [0.2, 0.25) is 0 Å². The molecule has 0 amide bonds. The number of hydrogen-bond acceptors (Lipinski definition) is 2. The van der Waals surface area contributed by atoms with Crippen LogP contribution in [0.4, 0.5) is 0 Å². The molecule has 0 spiro atoms. The number of rotatable bonds is 3. The summed E-state index contributed by atoms with van der Waals surface area (Å²) in [6, 6.07) is 8.53. The van der Waals surface area contributed by atoms with Crippen LogP contribution < -0.4 is 0 Å². The molecule has 104 valence electrons. The van der Waals surface area contributed by atoms with Gasteiger partial charge in [-0.1, -0.05) is 36.2 Å². The molecule has 0 aromatic heterocycles. The van der Waals surface area contributed by atoms with Gasteiger partial charge in [0.2, 0.25) is 0 Å². The molecule has 1 aromatic rings. The first kappa shape index (κ1) is 13.1. The van der Waals surface area contributed by atoms with Crippen LogP contribution in [0.1, 0.15) is 43.4 Å². The van der Waals surface area contributed by atoms with E-state index in [1.165, 1.54) is 37.9 Å². The molecular weight excluding hydrogens is 234 g/mol. The quantitative estimate of drug-likeness (QED) is 0.901. The van der Waals surface area contributed by atoms with Gasteiger partial charge in [0.1, 0.15) is 0 Å². The minimum Gasteiger partial charge on any atom is -0.387 e. The van der Waals surface area contributed by atoms with Crippen LogP contribution in [0.25, 0.3) is 0 Å². The molecular formula is C17H25NO. The standard InChI is InChI=1S/C17H25NO/c1-12-6-8-14(9-7-12)17(19)13(2)18-10-15-4-3-5-16(15)11-18/h6-9,13,15-17,19H,3-5,10-11H2,1-2H3. The molecule has 1 N–H and O–H groups in total. The van der Waals surface area contributed by atoms with E-state index >= 15 is 0 Å². The monoisotopic (exact) mass is 259 g/mol. The third kappa shape index (κ3) is 2.56. The first-order valence-corrected chi connectivity index (χ1v) is 7.64. The highest BCUT2D eigenvalue weighted by molar-refractivity contribution is 5.24. The number of likely N-dealkylation sites (tertiary alicyclic amines) is 1. The molecule has 1 aliphatic heterocycles. The number of hydrogen-bond donors (Lipinski definition) is 1. The summed E-state index contributed by atoms with van der Waals surface area (Å²) in [7, 11) is 0. The van der Waals surface area contributed by atoms with Gasteiger partial charge < -0.3 is 5.11 Å². The van der Waals surface area contributed by atoms with Gasteiger partial charge in [-0.05, 0) is 44.1 Å². The van der Waals surface area contributed by atoms with Crippen LogP contribution in [0, 0.1) is 18.8 Å². The van der Waals surface area contributed by atoms with Crippen LogP contribution in [0.3, 0.4) is 0 Å². The summed E-state index contributed by atoms with van der Waals surface area (Å²) in [4.78, 5) is 2.50. The Morgan fingerprint density at radius 3 is 2.26 bits per heavy atom. The van der Waals surface area contributed by atoms with E-state index in [-0.39, 0.29) is 12.1 Å². The van der Waals surface area contributed by atoms with Crippen molar-refractivity contribution in [2.24, 2.45) is 11.8 Å². The van der Waals surface area contributed by atoms with Crippen LogP contribution in [0.15, 0.2) is 24.3 Å². The summed E-state index contributed by atoms with van der Waals surface area (Å²) in [6.07, 6.45) is 3.85. The highest BCUT2D eigenvalue weighted by atomic mass is 16.3. The molecule has 1 saturated heterocycles. The molecule has 1 aliphatic carbocycles. The van der Waals surface area contributed by atoms with Crippen LogP contribution in [-0.4, -0.2) is 29.1 Å². The zero-order valence-corrected chi connectivity index (χ0v) is 12.0. The summed E-state index contributed by atoms with van der Waals surface area (Å²) in [5, 5.41) is 10.6. The Balaban J connectivity index is 1.66. The van der Waals surface area contributed by atoms with Crippen molar-refractivity contribution in [3.05, 3.63) is 35.4 Å². The van der Waals surface area contributed by atoms with Crippen molar-refractivity contribution < 1.29 is 5.11 Å². The molecule has 1 aromatic carbocycles. The van der Waals surface area contributed by atoms with E-state index in [0.717, 1.165) is 17.4 Å². The molecule has 4 atom stereocenters. The summed E-state index contributed by atoms with van der Waals surface area (Å²) in [5.74, 6) is 1.79. The Morgan fingerprint density at radius 1 is 1.11 bits per heavy atom. The van der Waals surface area contributed by atoms with Gasteiger partial charge in [0, 0.05) is 19.1 Å². The minimum absolute atomic E-state index is 0.230. The van der Waals surface area contributed by atoms with Gasteiger partial charge >= 0.3 is 0 Å². The van der Waals surface area contributed by atoms with E-state index in [1.54, 1.807) is 0 Å². The van der Waals surface area contributed by atoms with Gasteiger partial charge in [-0.25, -0.2) is 0 Å². The average Bonchev–Trinajstić information content (AvgIpc) is 2.98. The van der Waals surface area contributed by atoms with E-state index in [4.69, 9.17) is 0 Å². The number of aliphatic hydroxyl groups excluding tert-OH is 1. The summed E-state index contributed by atoms with van der Waals surface area (Å²) < 4.78 is 0. The highest BCUT2D eigenvalue weighted by Gasteiger charge is 2.39. The topological polar surface area (TPSA) is 23.5 Å². The maximum Gasteiger partial charge on any atom is 0.0942 e. The number of nitrogens with zero attached hydrogens (tertiary/aromatic N) is 1.